The largest absolute Gasteiger partial charge is 0.444 e. The maximum Gasteiger partial charge on any atom is 0.426 e. The molecule has 6 heterocycles. The van der Waals surface area contributed by atoms with Crippen molar-refractivity contribution in [2.24, 2.45) is 5.73 Å². The van der Waals surface area contributed by atoms with E-state index >= 15 is 0 Å². The first-order chi connectivity index (χ1) is 45.8. The molecule has 8 atom stereocenters. The van der Waals surface area contributed by atoms with Crippen LogP contribution in [0.1, 0.15) is 143 Å². The summed E-state index contributed by atoms with van der Waals surface area (Å²) < 4.78 is 85.8. The fourth-order valence-corrected chi connectivity index (χ4v) is 14.8. The number of fused-ring (bicyclic) bond motifs is 2. The molecule has 8 rings (SSSR count). The molecule has 2 aromatic carbocycles. The number of likely N-dealkylation sites (N-methyl/N-ethyl adjacent to an activating group) is 4. The standard InChI is InChI=1S/C34H51F3N8O6S.C29H43F3N8O4S/c1-32(2,3)51-31(50)38-17-9-8-10-23(39-28(47)21-13-15-22(16-14-21)33(42-43-33)34(35,36)37)29(48)45(5)19-18-44(4)26(46)12-7-6-11-25-27-24(20-52-25)40-30(49)41-27;1-39(23(41)9-4-3-8-22-24-21(17-45-22)35-27(44)36-24)15-16-40(2)26(43)20(7-5-6-14-33)34-25(42)18-10-12-19(13-11-18)28(37-38-28)29(30,31)32/h13-16,23-25,27,42-43H,6-12,17-20H2,1-5H3,(H,38,50)(H,39,47)(H2,40,41,49);10-13,20-22,24,37-38H,3-9,14-17,33H2,1-2H3,(H,34,42)(H2,35,36,44)/t23-,24+,25+,27+;20-,21+,22+,24+/m00/s1. The highest BCUT2D eigenvalue weighted by molar-refractivity contribution is 8.00. The number of nitrogens with zero attached hydrogens (tertiary/aromatic N) is 4. The summed E-state index contributed by atoms with van der Waals surface area (Å²) in [4.78, 5) is 120. The summed E-state index contributed by atoms with van der Waals surface area (Å²) in [5, 5.41) is 20.6. The van der Waals surface area contributed by atoms with Crippen LogP contribution in [0.5, 0.6) is 0 Å². The Labute approximate surface area is 569 Å². The normalized spacial score (nSPS) is 21.5. The Morgan fingerprint density at radius 3 is 1.30 bits per heavy atom. The van der Waals surface area contributed by atoms with Gasteiger partial charge in [0.2, 0.25) is 35.0 Å². The third-order valence-electron chi connectivity index (χ3n) is 17.8. The molecule has 34 heteroatoms. The molecular formula is C63H94F6N16O10S2. The van der Waals surface area contributed by atoms with Gasteiger partial charge in [-0.15, -0.1) is 0 Å². The number of alkyl carbamates (subject to hydrolysis) is 1. The number of nitrogens with two attached hydrogens (primary N) is 1. The molecule has 0 spiro atoms. The fraction of sp³-hybridized carbons (Fsp3) is 0.667. The number of rotatable bonds is 33. The van der Waals surface area contributed by atoms with E-state index in [1.807, 2.05) is 23.5 Å². The van der Waals surface area contributed by atoms with Crippen LogP contribution in [0.2, 0.25) is 0 Å². The van der Waals surface area contributed by atoms with Gasteiger partial charge in [-0.2, -0.15) is 49.9 Å². The van der Waals surface area contributed by atoms with E-state index in [9.17, 15) is 69.5 Å². The highest BCUT2D eigenvalue weighted by Crippen LogP contribution is 2.43. The van der Waals surface area contributed by atoms with Gasteiger partial charge in [0.15, 0.2) is 0 Å². The molecule has 2 aromatic rings. The predicted molar refractivity (Wildman–Crippen MR) is 353 cm³/mol. The molecular weight excluding hydrogens is 1320 g/mol. The molecule has 0 saturated carbocycles. The first-order valence-corrected chi connectivity index (χ1v) is 34.9. The summed E-state index contributed by atoms with van der Waals surface area (Å²) in [6.45, 7) is 7.01. The number of unbranched alkanes of at least 4 members (excludes halogenated alkanes) is 4. The molecule has 0 aliphatic carbocycles. The number of amides is 11. The molecule has 13 N–H and O–H groups in total. The van der Waals surface area contributed by atoms with Crippen LogP contribution in [0.15, 0.2) is 48.5 Å². The van der Waals surface area contributed by atoms with E-state index in [2.05, 4.69) is 58.9 Å². The van der Waals surface area contributed by atoms with Crippen molar-refractivity contribution in [3.63, 3.8) is 0 Å². The molecule has 6 saturated heterocycles. The van der Waals surface area contributed by atoms with Crippen molar-refractivity contribution in [1.82, 2.24) is 78.5 Å². The third kappa shape index (κ3) is 21.6. The van der Waals surface area contributed by atoms with Gasteiger partial charge >= 0.3 is 30.5 Å². The van der Waals surface area contributed by atoms with Gasteiger partial charge in [-0.25, -0.2) is 36.1 Å². The summed E-state index contributed by atoms with van der Waals surface area (Å²) in [6.07, 6.45) is -1.25. The minimum atomic E-state index is -4.59. The lowest BCUT2D eigenvalue weighted by molar-refractivity contribution is -0.166. The van der Waals surface area contributed by atoms with E-state index in [0.717, 1.165) is 43.6 Å². The van der Waals surface area contributed by atoms with Crippen LogP contribution in [-0.4, -0.2) is 217 Å². The van der Waals surface area contributed by atoms with Gasteiger partial charge in [-0.05, 0) is 127 Å². The van der Waals surface area contributed by atoms with Crippen molar-refractivity contribution in [3.05, 3.63) is 70.8 Å². The summed E-state index contributed by atoms with van der Waals surface area (Å²) in [7, 11) is 6.55. The van der Waals surface area contributed by atoms with Crippen LogP contribution in [0, 0.1) is 0 Å². The van der Waals surface area contributed by atoms with Crippen LogP contribution < -0.4 is 64.7 Å². The quantitative estimate of drug-likeness (QED) is 0.0205. The average Bonchev–Trinajstić information content (AvgIpc) is 1.59. The van der Waals surface area contributed by atoms with Gasteiger partial charge in [0.05, 0.1) is 24.2 Å². The van der Waals surface area contributed by atoms with E-state index in [0.29, 0.717) is 75.0 Å². The van der Waals surface area contributed by atoms with Gasteiger partial charge < -0.3 is 67.3 Å². The SMILES string of the molecule is CN(CCN(C)C(=O)[C@H](CCCCN)NC(=O)c1ccc(C2(C(F)(F)F)NN2)cc1)C(=O)CCCC[C@H]1SC[C@H]2NC(=O)N[C@H]21.CN(CCN(C)C(=O)[C@H](CCCCNC(=O)OC(C)(C)C)NC(=O)c1ccc(C2(C(F)(F)F)NN2)cc1)C(=O)CCCC[C@H]1SC[C@H]2NC(=O)N[C@H]21. The van der Waals surface area contributed by atoms with E-state index in [4.69, 9.17) is 10.5 Å². The number of carbonyl (C=O) groups excluding carboxylic acids is 9. The minimum Gasteiger partial charge on any atom is -0.444 e. The Bertz CT molecular complexity index is 3050. The lowest BCUT2D eigenvalue weighted by atomic mass is 10.0. The molecule has 0 unspecified atom stereocenters. The number of hydrogen-bond acceptors (Lipinski definition) is 17. The zero-order valence-corrected chi connectivity index (χ0v) is 57.5. The zero-order chi connectivity index (χ0) is 71.0. The van der Waals surface area contributed by atoms with Crippen LogP contribution in [0.4, 0.5) is 40.7 Å². The molecule has 6 aliphatic rings. The molecule has 0 bridgehead atoms. The Balaban J connectivity index is 0.000000276. The lowest BCUT2D eigenvalue weighted by Gasteiger charge is -2.27. The van der Waals surface area contributed by atoms with Crippen molar-refractivity contribution in [2.45, 2.75) is 187 Å². The molecule has 6 fully saturated rings. The lowest BCUT2D eigenvalue weighted by Crippen LogP contribution is -2.49. The number of urea groups is 2. The molecule has 11 amide bonds. The Kier molecular flexibility index (Phi) is 27.4. The number of benzene rings is 2. The Morgan fingerprint density at radius 1 is 0.557 bits per heavy atom. The molecule has 0 aromatic heterocycles. The summed E-state index contributed by atoms with van der Waals surface area (Å²) in [6, 6.07) is 8.48. The van der Waals surface area contributed by atoms with Gasteiger partial charge in [0, 0.05) is 107 Å². The number of thioether (sulfide) groups is 2. The van der Waals surface area contributed by atoms with Crippen molar-refractivity contribution >= 4 is 77.1 Å². The van der Waals surface area contributed by atoms with Crippen molar-refractivity contribution in [3.8, 4) is 0 Å². The zero-order valence-electron chi connectivity index (χ0n) is 55.8. The summed E-state index contributed by atoms with van der Waals surface area (Å²) >= 11 is 3.68. The molecule has 97 heavy (non-hydrogen) atoms. The Hall–Kier alpha value is -6.85. The minimum absolute atomic E-state index is 0.0243. The van der Waals surface area contributed by atoms with Crippen LogP contribution >= 0.6 is 23.5 Å². The average molecular weight is 1410 g/mol. The number of alkyl halides is 6. The van der Waals surface area contributed by atoms with Crippen molar-refractivity contribution in [2.75, 3.05) is 79.0 Å². The predicted octanol–water partition coefficient (Wildman–Crippen LogP) is 4.33. The van der Waals surface area contributed by atoms with Crippen LogP contribution in [0.25, 0.3) is 0 Å². The second-order valence-corrected chi connectivity index (χ2v) is 28.8. The first-order valence-electron chi connectivity index (χ1n) is 32.8. The Morgan fingerprint density at radius 2 is 0.938 bits per heavy atom. The molecule has 540 valence electrons. The number of hydrazine groups is 2. The second kappa shape index (κ2) is 34.3. The smallest absolute Gasteiger partial charge is 0.426 e. The molecule has 6 aliphatic heterocycles. The molecule has 0 radical (unpaired) electrons. The number of hydrogen-bond donors (Lipinski definition) is 12. The van der Waals surface area contributed by atoms with Gasteiger partial charge in [0.1, 0.15) is 17.7 Å². The monoisotopic (exact) mass is 1410 g/mol. The van der Waals surface area contributed by atoms with Gasteiger partial charge in [-0.3, -0.25) is 28.8 Å². The molecule has 26 nitrogen and oxygen atoms in total. The highest BCUT2D eigenvalue weighted by Gasteiger charge is 2.66. The summed E-state index contributed by atoms with van der Waals surface area (Å²) in [5.41, 5.74) is 8.77. The van der Waals surface area contributed by atoms with E-state index < -0.39 is 65.2 Å². The third-order valence-corrected chi connectivity index (χ3v) is 20.8. The maximum absolute atomic E-state index is 13.6. The van der Waals surface area contributed by atoms with E-state index in [1.54, 1.807) is 58.8 Å². The highest BCUT2D eigenvalue weighted by atomic mass is 32.2. The first kappa shape index (κ1) is 77.5. The second-order valence-electron chi connectivity index (χ2n) is 26.3. The van der Waals surface area contributed by atoms with Crippen LogP contribution in [0.3, 0.4) is 0 Å². The van der Waals surface area contributed by atoms with Gasteiger partial charge in [0.25, 0.3) is 11.8 Å². The van der Waals surface area contributed by atoms with Gasteiger partial charge in [-0.1, -0.05) is 37.1 Å². The van der Waals surface area contributed by atoms with E-state index in [1.165, 1.54) is 58.3 Å². The van der Waals surface area contributed by atoms with Crippen molar-refractivity contribution in [1.29, 1.82) is 0 Å². The maximum atomic E-state index is 13.6. The van der Waals surface area contributed by atoms with Crippen molar-refractivity contribution < 1.29 is 74.2 Å². The number of halogens is 6. The summed E-state index contributed by atoms with van der Waals surface area (Å²) in [5.74, 6) is -0.235. The topological polar surface area (TPSA) is 374 Å². The fourth-order valence-electron chi connectivity index (χ4n) is 11.7. The number of nitrogens with one attached hydrogen (secondary N) is 11. The number of carbonyl (C=O) groups is 9. The number of ether oxygens (including phenoxy) is 1. The van der Waals surface area contributed by atoms with Crippen LogP contribution in [-0.2, 0) is 35.2 Å². The van der Waals surface area contributed by atoms with E-state index in [-0.39, 0.29) is 109 Å².